The summed E-state index contributed by atoms with van der Waals surface area (Å²) in [6, 6.07) is 4.91. The van der Waals surface area contributed by atoms with E-state index >= 15 is 0 Å². The van der Waals surface area contributed by atoms with E-state index in [2.05, 4.69) is 0 Å². The minimum absolute atomic E-state index is 0.0133. The van der Waals surface area contributed by atoms with E-state index in [9.17, 15) is 14.7 Å². The van der Waals surface area contributed by atoms with E-state index in [1.807, 2.05) is 0 Å². The van der Waals surface area contributed by atoms with Crippen molar-refractivity contribution in [2.75, 3.05) is 24.3 Å². The standard InChI is InChI=1S/C14H17NO4S/c1-9(16)20-8-10-5-14(18)15(7-10)11-3-4-13(19-2)12(17)6-11/h3-4,6,10,17H,5,7-8H2,1-2H3. The van der Waals surface area contributed by atoms with Crippen LogP contribution in [0.5, 0.6) is 11.5 Å². The zero-order valence-corrected chi connectivity index (χ0v) is 12.3. The van der Waals surface area contributed by atoms with Gasteiger partial charge < -0.3 is 14.7 Å². The number of benzene rings is 1. The van der Waals surface area contributed by atoms with Crippen LogP contribution in [0.25, 0.3) is 0 Å². The maximum atomic E-state index is 12.0. The summed E-state index contributed by atoms with van der Waals surface area (Å²) in [6.45, 7) is 2.10. The monoisotopic (exact) mass is 295 g/mol. The molecule has 0 bridgehead atoms. The average molecular weight is 295 g/mol. The molecule has 1 amide bonds. The maximum Gasteiger partial charge on any atom is 0.227 e. The molecule has 1 unspecified atom stereocenters. The Morgan fingerprint density at radius 1 is 1.55 bits per heavy atom. The van der Waals surface area contributed by atoms with Gasteiger partial charge in [-0.1, -0.05) is 11.8 Å². The van der Waals surface area contributed by atoms with Crippen LogP contribution < -0.4 is 9.64 Å². The summed E-state index contributed by atoms with van der Waals surface area (Å²) in [5.74, 6) is 1.23. The molecule has 0 spiro atoms. The summed E-state index contributed by atoms with van der Waals surface area (Å²) >= 11 is 1.25. The molecule has 20 heavy (non-hydrogen) atoms. The number of anilines is 1. The highest BCUT2D eigenvalue weighted by atomic mass is 32.2. The lowest BCUT2D eigenvalue weighted by Gasteiger charge is -2.17. The van der Waals surface area contributed by atoms with Crippen molar-refractivity contribution in [3.63, 3.8) is 0 Å². The molecule has 1 aromatic carbocycles. The molecule has 1 fully saturated rings. The van der Waals surface area contributed by atoms with Gasteiger partial charge in [-0.25, -0.2) is 0 Å². The largest absolute Gasteiger partial charge is 0.504 e. The third-order valence-corrected chi connectivity index (χ3v) is 4.25. The van der Waals surface area contributed by atoms with Crippen molar-refractivity contribution in [2.24, 2.45) is 5.92 Å². The molecule has 1 saturated heterocycles. The Hall–Kier alpha value is -1.69. The third kappa shape index (κ3) is 3.25. The molecule has 1 heterocycles. The molecule has 1 aliphatic rings. The molecule has 2 rings (SSSR count). The topological polar surface area (TPSA) is 66.8 Å². The first-order chi connectivity index (χ1) is 9.51. The zero-order chi connectivity index (χ0) is 14.7. The normalized spacial score (nSPS) is 18.4. The second-order valence-corrected chi connectivity index (χ2v) is 5.93. The number of carbonyl (C=O) groups excluding carboxylic acids is 2. The van der Waals surface area contributed by atoms with Gasteiger partial charge in [-0.05, 0) is 18.1 Å². The molecule has 6 heteroatoms. The van der Waals surface area contributed by atoms with Gasteiger partial charge in [-0.2, -0.15) is 0 Å². The van der Waals surface area contributed by atoms with Gasteiger partial charge in [-0.15, -0.1) is 0 Å². The number of hydrogen-bond donors (Lipinski definition) is 1. The van der Waals surface area contributed by atoms with Crippen molar-refractivity contribution in [3.05, 3.63) is 18.2 Å². The molecular weight excluding hydrogens is 278 g/mol. The number of rotatable bonds is 4. The molecule has 0 aromatic heterocycles. The maximum absolute atomic E-state index is 12.0. The van der Waals surface area contributed by atoms with Gasteiger partial charge in [0.15, 0.2) is 16.6 Å². The van der Waals surface area contributed by atoms with Crippen molar-refractivity contribution in [1.82, 2.24) is 0 Å². The van der Waals surface area contributed by atoms with E-state index in [4.69, 9.17) is 4.74 Å². The minimum Gasteiger partial charge on any atom is -0.504 e. The fourth-order valence-electron chi connectivity index (χ4n) is 2.22. The number of carbonyl (C=O) groups is 2. The Morgan fingerprint density at radius 2 is 2.30 bits per heavy atom. The number of nitrogens with zero attached hydrogens (tertiary/aromatic N) is 1. The Balaban J connectivity index is 2.07. The number of thioether (sulfide) groups is 1. The second-order valence-electron chi connectivity index (χ2n) is 4.73. The second kappa shape index (κ2) is 6.17. The van der Waals surface area contributed by atoms with Crippen molar-refractivity contribution in [2.45, 2.75) is 13.3 Å². The van der Waals surface area contributed by atoms with Crippen LogP contribution in [0.15, 0.2) is 18.2 Å². The predicted molar refractivity (Wildman–Crippen MR) is 78.3 cm³/mol. The van der Waals surface area contributed by atoms with Crippen LogP contribution in [0.4, 0.5) is 5.69 Å². The third-order valence-electron chi connectivity index (χ3n) is 3.20. The van der Waals surface area contributed by atoms with Gasteiger partial charge in [0.2, 0.25) is 5.91 Å². The molecule has 1 atom stereocenters. The van der Waals surface area contributed by atoms with Crippen LogP contribution in [0.1, 0.15) is 13.3 Å². The van der Waals surface area contributed by atoms with Gasteiger partial charge in [0.1, 0.15) is 0 Å². The number of hydrogen-bond acceptors (Lipinski definition) is 5. The molecule has 1 aromatic rings. The molecule has 0 radical (unpaired) electrons. The molecular formula is C14H17NO4S. The Morgan fingerprint density at radius 3 is 2.90 bits per heavy atom. The van der Waals surface area contributed by atoms with E-state index in [0.29, 0.717) is 30.2 Å². The number of amides is 1. The Bertz CT molecular complexity index is 532. The van der Waals surface area contributed by atoms with Crippen LogP contribution in [0.2, 0.25) is 0 Å². The van der Waals surface area contributed by atoms with Gasteiger partial charge in [0.05, 0.1) is 7.11 Å². The molecule has 5 nitrogen and oxygen atoms in total. The Kier molecular flexibility index (Phi) is 4.54. The van der Waals surface area contributed by atoms with Crippen molar-refractivity contribution < 1.29 is 19.4 Å². The lowest BCUT2D eigenvalue weighted by atomic mass is 10.1. The van der Waals surface area contributed by atoms with E-state index in [0.717, 1.165) is 0 Å². The molecule has 0 aliphatic carbocycles. The van der Waals surface area contributed by atoms with E-state index < -0.39 is 0 Å². The molecule has 1 N–H and O–H groups in total. The van der Waals surface area contributed by atoms with E-state index in [-0.39, 0.29) is 22.7 Å². The Labute approximate surface area is 121 Å². The summed E-state index contributed by atoms with van der Waals surface area (Å²) in [4.78, 5) is 24.6. The van der Waals surface area contributed by atoms with Gasteiger partial charge in [0.25, 0.3) is 0 Å². The van der Waals surface area contributed by atoms with Crippen molar-refractivity contribution in [3.8, 4) is 11.5 Å². The first kappa shape index (κ1) is 14.7. The summed E-state index contributed by atoms with van der Waals surface area (Å²) in [7, 11) is 1.48. The summed E-state index contributed by atoms with van der Waals surface area (Å²) in [6.07, 6.45) is 0.438. The molecule has 108 valence electrons. The van der Waals surface area contributed by atoms with Gasteiger partial charge in [-0.3, -0.25) is 9.59 Å². The number of ether oxygens (including phenoxy) is 1. The summed E-state index contributed by atoms with van der Waals surface area (Å²) < 4.78 is 4.98. The fraction of sp³-hybridized carbons (Fsp3) is 0.429. The lowest BCUT2D eigenvalue weighted by Crippen LogP contribution is -2.24. The van der Waals surface area contributed by atoms with E-state index in [1.165, 1.54) is 31.9 Å². The average Bonchev–Trinajstić information content (AvgIpc) is 2.77. The molecule has 1 aliphatic heterocycles. The molecule has 0 saturated carbocycles. The first-order valence-electron chi connectivity index (χ1n) is 6.32. The number of aromatic hydroxyl groups is 1. The van der Waals surface area contributed by atoms with Crippen LogP contribution in [0, 0.1) is 5.92 Å². The van der Waals surface area contributed by atoms with Crippen LogP contribution in [-0.2, 0) is 9.59 Å². The smallest absolute Gasteiger partial charge is 0.227 e. The van der Waals surface area contributed by atoms with Crippen LogP contribution in [0.3, 0.4) is 0 Å². The highest BCUT2D eigenvalue weighted by Crippen LogP contribution is 2.33. The summed E-state index contributed by atoms with van der Waals surface area (Å²) in [5, 5.41) is 9.84. The van der Waals surface area contributed by atoms with Crippen LogP contribution in [-0.4, -0.2) is 35.5 Å². The number of phenols is 1. The SMILES string of the molecule is COc1ccc(N2CC(CSC(C)=O)CC2=O)cc1O. The minimum atomic E-state index is 0.0133. The highest BCUT2D eigenvalue weighted by molar-refractivity contribution is 8.13. The highest BCUT2D eigenvalue weighted by Gasteiger charge is 2.31. The number of phenolic OH excluding ortho intramolecular Hbond substituents is 1. The van der Waals surface area contributed by atoms with Crippen LogP contribution >= 0.6 is 11.8 Å². The summed E-state index contributed by atoms with van der Waals surface area (Å²) in [5.41, 5.74) is 0.656. The van der Waals surface area contributed by atoms with Crippen molar-refractivity contribution in [1.29, 1.82) is 0 Å². The lowest BCUT2D eigenvalue weighted by molar-refractivity contribution is -0.117. The zero-order valence-electron chi connectivity index (χ0n) is 11.5. The van der Waals surface area contributed by atoms with E-state index in [1.54, 1.807) is 17.0 Å². The van der Waals surface area contributed by atoms with Gasteiger partial charge >= 0.3 is 0 Å². The quantitative estimate of drug-likeness (QED) is 0.920. The predicted octanol–water partition coefficient (Wildman–Crippen LogP) is 2.03. The fourth-order valence-corrected chi connectivity index (χ4v) is 2.92. The van der Waals surface area contributed by atoms with Gasteiger partial charge in [0, 0.05) is 37.4 Å². The van der Waals surface area contributed by atoms with Crippen molar-refractivity contribution >= 4 is 28.5 Å². The number of methoxy groups -OCH3 is 1. The first-order valence-corrected chi connectivity index (χ1v) is 7.30.